The summed E-state index contributed by atoms with van der Waals surface area (Å²) in [4.78, 5) is 3.24. The van der Waals surface area contributed by atoms with Crippen LogP contribution in [-0.2, 0) is 13.1 Å². The highest BCUT2D eigenvalue weighted by molar-refractivity contribution is 5.47. The van der Waals surface area contributed by atoms with Crippen LogP contribution in [0.5, 0.6) is 0 Å². The van der Waals surface area contributed by atoms with E-state index in [2.05, 4.69) is 50.2 Å². The lowest BCUT2D eigenvalue weighted by Gasteiger charge is -2.36. The molecule has 0 fully saturated rings. The molecule has 2 N–H and O–H groups in total. The van der Waals surface area contributed by atoms with E-state index in [0.29, 0.717) is 0 Å². The molecule has 2 nitrogen and oxygen atoms in total. The summed E-state index contributed by atoms with van der Waals surface area (Å²) in [5.74, 6) is 0. The highest BCUT2D eigenvalue weighted by Gasteiger charge is 2.37. The zero-order valence-electron chi connectivity index (χ0n) is 11.6. The molecule has 2 atom stereocenters. The van der Waals surface area contributed by atoms with Crippen molar-refractivity contribution in [3.8, 4) is 0 Å². The molecule has 0 amide bonds. The Hall–Kier alpha value is -1.64. The topological polar surface area (TPSA) is 8.88 Å². The summed E-state index contributed by atoms with van der Waals surface area (Å²) in [7, 11) is 0. The molecule has 19 heavy (non-hydrogen) atoms. The maximum Gasteiger partial charge on any atom is 0.214 e. The average molecular weight is 252 g/mol. The molecule has 0 aliphatic carbocycles. The number of fused-ring (bicyclic) bond motifs is 6. The van der Waals surface area contributed by atoms with Crippen molar-refractivity contribution in [2.45, 2.75) is 26.9 Å². The van der Waals surface area contributed by atoms with Gasteiger partial charge in [-0.15, -0.1) is 0 Å². The molecule has 0 spiro atoms. The number of quaternary nitrogens is 2. The number of nitrogens with one attached hydrogen (secondary N) is 2. The van der Waals surface area contributed by atoms with E-state index in [1.807, 2.05) is 0 Å². The SMILES string of the molecule is Cc1ccc2c(c1)C[NH+]1C[NH+]2Cc2cc(C)ccc21. The van der Waals surface area contributed by atoms with Crippen molar-refractivity contribution in [1.29, 1.82) is 0 Å². The summed E-state index contributed by atoms with van der Waals surface area (Å²) in [6.45, 7) is 7.84. The maximum absolute atomic E-state index is 2.37. The van der Waals surface area contributed by atoms with Gasteiger partial charge in [-0.05, 0) is 26.0 Å². The molecule has 0 saturated heterocycles. The molecular formula is C17H20N2+2. The number of aryl methyl sites for hydroxylation is 2. The zero-order chi connectivity index (χ0) is 13.0. The van der Waals surface area contributed by atoms with E-state index in [9.17, 15) is 0 Å². The monoisotopic (exact) mass is 252 g/mol. The van der Waals surface area contributed by atoms with Gasteiger partial charge in [0.25, 0.3) is 0 Å². The van der Waals surface area contributed by atoms with Crippen molar-refractivity contribution in [2.75, 3.05) is 6.67 Å². The molecule has 2 aliphatic rings. The van der Waals surface area contributed by atoms with Crippen LogP contribution in [0, 0.1) is 13.8 Å². The fraction of sp³-hybridized carbons (Fsp3) is 0.294. The first-order chi connectivity index (χ1) is 9.20. The predicted octanol–water partition coefficient (Wildman–Crippen LogP) is 1.02. The zero-order valence-corrected chi connectivity index (χ0v) is 11.6. The Bertz CT molecular complexity index is 603. The van der Waals surface area contributed by atoms with E-state index >= 15 is 0 Å². The molecule has 2 aliphatic heterocycles. The number of hydrogen-bond donors (Lipinski definition) is 2. The first kappa shape index (κ1) is 11.2. The Morgan fingerprint density at radius 2 is 1.21 bits per heavy atom. The minimum absolute atomic E-state index is 1.14. The van der Waals surface area contributed by atoms with E-state index in [4.69, 9.17) is 0 Å². The molecular weight excluding hydrogens is 232 g/mol. The predicted molar refractivity (Wildman–Crippen MR) is 75.9 cm³/mol. The van der Waals surface area contributed by atoms with Crippen LogP contribution < -0.4 is 9.80 Å². The van der Waals surface area contributed by atoms with E-state index in [-0.39, 0.29) is 0 Å². The average Bonchev–Trinajstić information content (AvgIpc) is 2.37. The maximum atomic E-state index is 2.37. The molecule has 0 saturated carbocycles. The summed E-state index contributed by atoms with van der Waals surface area (Å²) in [6, 6.07) is 13.9. The van der Waals surface area contributed by atoms with E-state index in [0.717, 1.165) is 13.1 Å². The first-order valence-electron chi connectivity index (χ1n) is 7.10. The van der Waals surface area contributed by atoms with Gasteiger partial charge in [0, 0.05) is 12.1 Å². The van der Waals surface area contributed by atoms with Gasteiger partial charge >= 0.3 is 0 Å². The Morgan fingerprint density at radius 3 is 1.68 bits per heavy atom. The lowest BCUT2D eigenvalue weighted by atomic mass is 9.99. The van der Waals surface area contributed by atoms with Gasteiger partial charge in [0.1, 0.15) is 24.5 Å². The third-order valence-corrected chi connectivity index (χ3v) is 4.52. The summed E-state index contributed by atoms with van der Waals surface area (Å²) < 4.78 is 0. The van der Waals surface area contributed by atoms with E-state index in [1.54, 1.807) is 9.80 Å². The Balaban J connectivity index is 1.83. The molecule has 2 aromatic carbocycles. The second-order valence-electron chi connectivity index (χ2n) is 6.06. The second-order valence-corrected chi connectivity index (χ2v) is 6.06. The van der Waals surface area contributed by atoms with Gasteiger partial charge in [-0.3, -0.25) is 9.80 Å². The fourth-order valence-corrected chi connectivity index (χ4v) is 3.65. The lowest BCUT2D eigenvalue weighted by molar-refractivity contribution is -1.06. The first-order valence-corrected chi connectivity index (χ1v) is 7.10. The smallest absolute Gasteiger partial charge is 0.214 e. The van der Waals surface area contributed by atoms with Gasteiger partial charge in [-0.25, -0.2) is 0 Å². The van der Waals surface area contributed by atoms with Crippen LogP contribution in [0.25, 0.3) is 0 Å². The molecule has 4 rings (SSSR count). The van der Waals surface area contributed by atoms with Gasteiger partial charge in [-0.1, -0.05) is 23.3 Å². The third kappa shape index (κ3) is 1.71. The van der Waals surface area contributed by atoms with Crippen molar-refractivity contribution in [3.63, 3.8) is 0 Å². The molecule has 96 valence electrons. The van der Waals surface area contributed by atoms with Crippen molar-refractivity contribution < 1.29 is 9.80 Å². The van der Waals surface area contributed by atoms with Crippen LogP contribution in [0.2, 0.25) is 0 Å². The Kier molecular flexibility index (Phi) is 2.32. The van der Waals surface area contributed by atoms with Crippen LogP contribution in [0.15, 0.2) is 36.4 Å². The normalized spacial score (nSPS) is 23.7. The largest absolute Gasteiger partial charge is 0.251 e. The molecule has 2 aromatic rings. The summed E-state index contributed by atoms with van der Waals surface area (Å²) in [6.07, 6.45) is 0. The molecule has 0 aromatic heterocycles. The summed E-state index contributed by atoms with van der Waals surface area (Å²) in [5, 5.41) is 0. The van der Waals surface area contributed by atoms with Gasteiger partial charge in [0.15, 0.2) is 0 Å². The van der Waals surface area contributed by atoms with E-state index < -0.39 is 0 Å². The highest BCUT2D eigenvalue weighted by Crippen LogP contribution is 2.21. The number of rotatable bonds is 0. The molecule has 2 unspecified atom stereocenters. The van der Waals surface area contributed by atoms with Crippen LogP contribution in [-0.4, -0.2) is 6.67 Å². The van der Waals surface area contributed by atoms with Crippen LogP contribution in [0.4, 0.5) is 11.4 Å². The van der Waals surface area contributed by atoms with Crippen molar-refractivity contribution >= 4 is 11.4 Å². The molecule has 2 bridgehead atoms. The number of hydrogen-bond acceptors (Lipinski definition) is 0. The van der Waals surface area contributed by atoms with Crippen molar-refractivity contribution in [2.24, 2.45) is 0 Å². The molecule has 0 radical (unpaired) electrons. The standard InChI is InChI=1S/C17H18N2/c1-12-3-5-16-14(7-12)9-18-11-19(16)10-15-8-13(2)4-6-17(15)18/h3-8H,9-11H2,1-2H3/p+2. The Labute approximate surface area is 114 Å². The summed E-state index contributed by atoms with van der Waals surface area (Å²) in [5.41, 5.74) is 8.85. The van der Waals surface area contributed by atoms with Crippen molar-refractivity contribution in [3.05, 3.63) is 58.7 Å². The van der Waals surface area contributed by atoms with Crippen LogP contribution in [0.1, 0.15) is 22.3 Å². The van der Waals surface area contributed by atoms with Gasteiger partial charge in [0.05, 0.1) is 11.1 Å². The van der Waals surface area contributed by atoms with Gasteiger partial charge in [0.2, 0.25) is 6.67 Å². The van der Waals surface area contributed by atoms with Gasteiger partial charge in [-0.2, -0.15) is 0 Å². The molecule has 2 heteroatoms. The lowest BCUT2D eigenvalue weighted by Crippen LogP contribution is -3.29. The summed E-state index contributed by atoms with van der Waals surface area (Å²) >= 11 is 0. The minimum atomic E-state index is 1.14. The van der Waals surface area contributed by atoms with Crippen molar-refractivity contribution in [1.82, 2.24) is 0 Å². The highest BCUT2D eigenvalue weighted by atomic mass is 15.4. The molecule has 2 heterocycles. The fourth-order valence-electron chi connectivity index (χ4n) is 3.65. The van der Waals surface area contributed by atoms with E-state index in [1.165, 1.54) is 40.3 Å². The number of benzene rings is 2. The third-order valence-electron chi connectivity index (χ3n) is 4.52. The van der Waals surface area contributed by atoms with Crippen LogP contribution in [0.3, 0.4) is 0 Å². The minimum Gasteiger partial charge on any atom is -0.251 e. The van der Waals surface area contributed by atoms with Crippen LogP contribution >= 0.6 is 0 Å². The Morgan fingerprint density at radius 1 is 0.737 bits per heavy atom. The van der Waals surface area contributed by atoms with Gasteiger partial charge < -0.3 is 0 Å². The quantitative estimate of drug-likeness (QED) is 0.693. The second kappa shape index (κ2) is 3.92.